The van der Waals surface area contributed by atoms with Crippen LogP contribution in [0.25, 0.3) is 21.6 Å². The molecule has 1 fully saturated rings. The fourth-order valence-electron chi connectivity index (χ4n) is 3.70. The van der Waals surface area contributed by atoms with Crippen LogP contribution in [0.1, 0.15) is 35.4 Å². The highest BCUT2D eigenvalue weighted by atomic mass is 35.5. The van der Waals surface area contributed by atoms with Gasteiger partial charge in [0.25, 0.3) is 0 Å². The molecule has 0 amide bonds. The van der Waals surface area contributed by atoms with E-state index in [4.69, 9.17) is 37.4 Å². The minimum Gasteiger partial charge on any atom is -0.491 e. The molecule has 1 aliphatic rings. The zero-order valence-corrected chi connectivity index (χ0v) is 20.2. The second-order valence-electron chi connectivity index (χ2n) is 7.63. The molecule has 1 N–H and O–H groups in total. The lowest BCUT2D eigenvalue weighted by atomic mass is 10.0. The van der Waals surface area contributed by atoms with Crippen LogP contribution in [0.3, 0.4) is 0 Å². The van der Waals surface area contributed by atoms with Crippen LogP contribution in [-0.4, -0.2) is 37.2 Å². The maximum Gasteiger partial charge on any atom is 0.349 e. The number of benzene rings is 2. The van der Waals surface area contributed by atoms with Crippen LogP contribution in [0, 0.1) is 0 Å². The number of hydrogen-bond donors (Lipinski definition) is 1. The van der Waals surface area contributed by atoms with Gasteiger partial charge in [-0.2, -0.15) is 0 Å². The summed E-state index contributed by atoms with van der Waals surface area (Å²) in [4.78, 5) is 13.0. The van der Waals surface area contributed by atoms with E-state index in [1.54, 1.807) is 18.2 Å². The van der Waals surface area contributed by atoms with Crippen molar-refractivity contribution in [1.82, 2.24) is 0 Å². The molecule has 2 aromatic carbocycles. The van der Waals surface area contributed by atoms with Gasteiger partial charge in [0.05, 0.1) is 13.2 Å². The lowest BCUT2D eigenvalue weighted by molar-refractivity contribution is -0.163. The lowest BCUT2D eigenvalue weighted by Crippen LogP contribution is -2.23. The van der Waals surface area contributed by atoms with Crippen molar-refractivity contribution in [3.63, 3.8) is 0 Å². The van der Waals surface area contributed by atoms with Gasteiger partial charge in [-0.1, -0.05) is 53.5 Å². The van der Waals surface area contributed by atoms with E-state index in [0.717, 1.165) is 53.2 Å². The Morgan fingerprint density at radius 3 is 2.58 bits per heavy atom. The fourth-order valence-corrected chi connectivity index (χ4v) is 5.26. The molecule has 2 heterocycles. The third-order valence-electron chi connectivity index (χ3n) is 5.29. The van der Waals surface area contributed by atoms with Crippen molar-refractivity contribution in [3.8, 4) is 27.3 Å². The molecule has 33 heavy (non-hydrogen) atoms. The van der Waals surface area contributed by atoms with Crippen LogP contribution < -0.4 is 4.74 Å². The SMILES string of the molecule is O=C(O)c1sc(-c2ccccc2Cl)c(-c2ccc(Cl)cc2)c1OCCCOC1CCCCO1. The number of carboxylic acids is 1. The normalized spacial score (nSPS) is 16.0. The van der Waals surface area contributed by atoms with E-state index in [-0.39, 0.29) is 11.2 Å². The molecule has 5 nitrogen and oxygen atoms in total. The molecule has 8 heteroatoms. The third-order valence-corrected chi connectivity index (χ3v) is 7.06. The molecule has 0 saturated carbocycles. The van der Waals surface area contributed by atoms with Gasteiger partial charge in [0, 0.05) is 39.1 Å². The molecule has 1 aliphatic heterocycles. The Kier molecular flexibility index (Phi) is 8.28. The zero-order chi connectivity index (χ0) is 23.2. The first-order valence-corrected chi connectivity index (χ1v) is 12.4. The molecule has 1 atom stereocenters. The molecule has 1 unspecified atom stereocenters. The first-order valence-electron chi connectivity index (χ1n) is 10.8. The van der Waals surface area contributed by atoms with Crippen molar-refractivity contribution in [2.45, 2.75) is 32.0 Å². The summed E-state index contributed by atoms with van der Waals surface area (Å²) in [6.45, 7) is 1.52. The van der Waals surface area contributed by atoms with Gasteiger partial charge in [0.1, 0.15) is 0 Å². The Bertz CT molecular complexity index is 1090. The zero-order valence-electron chi connectivity index (χ0n) is 17.9. The second-order valence-corrected chi connectivity index (χ2v) is 9.49. The molecule has 0 radical (unpaired) electrons. The Labute approximate surface area is 206 Å². The smallest absolute Gasteiger partial charge is 0.349 e. The third kappa shape index (κ3) is 5.89. The molecule has 0 bridgehead atoms. The molecule has 1 saturated heterocycles. The van der Waals surface area contributed by atoms with Crippen LogP contribution in [0.4, 0.5) is 0 Å². The molecular weight excluding hydrogens is 483 g/mol. The Morgan fingerprint density at radius 1 is 1.09 bits per heavy atom. The molecule has 0 aliphatic carbocycles. The number of hydrogen-bond acceptors (Lipinski definition) is 5. The predicted octanol–water partition coefficient (Wildman–Crippen LogP) is 7.40. The second kappa shape index (κ2) is 11.4. The minimum absolute atomic E-state index is 0.131. The summed E-state index contributed by atoms with van der Waals surface area (Å²) in [5.41, 5.74) is 2.25. The van der Waals surface area contributed by atoms with Crippen molar-refractivity contribution in [2.75, 3.05) is 19.8 Å². The maximum atomic E-state index is 12.1. The van der Waals surface area contributed by atoms with Gasteiger partial charge >= 0.3 is 5.97 Å². The van der Waals surface area contributed by atoms with Gasteiger partial charge in [0.15, 0.2) is 16.9 Å². The summed E-state index contributed by atoms with van der Waals surface area (Å²) in [6.07, 6.45) is 3.52. The van der Waals surface area contributed by atoms with Gasteiger partial charge in [-0.3, -0.25) is 0 Å². The van der Waals surface area contributed by atoms with Crippen molar-refractivity contribution < 1.29 is 24.1 Å². The molecule has 3 aromatic rings. The predicted molar refractivity (Wildman–Crippen MR) is 132 cm³/mol. The highest BCUT2D eigenvalue weighted by Gasteiger charge is 2.27. The highest BCUT2D eigenvalue weighted by molar-refractivity contribution is 7.18. The number of carbonyl (C=O) groups is 1. The van der Waals surface area contributed by atoms with Crippen LogP contribution in [0.5, 0.6) is 5.75 Å². The van der Waals surface area contributed by atoms with Crippen molar-refractivity contribution in [2.24, 2.45) is 0 Å². The lowest BCUT2D eigenvalue weighted by Gasteiger charge is -2.22. The summed E-state index contributed by atoms with van der Waals surface area (Å²) >= 11 is 13.7. The van der Waals surface area contributed by atoms with Gasteiger partial charge < -0.3 is 19.3 Å². The topological polar surface area (TPSA) is 65.0 Å². The van der Waals surface area contributed by atoms with Crippen LogP contribution >= 0.6 is 34.5 Å². The van der Waals surface area contributed by atoms with E-state index in [1.807, 2.05) is 30.3 Å². The van der Waals surface area contributed by atoms with E-state index in [2.05, 4.69) is 0 Å². The number of halogens is 2. The molecule has 1 aromatic heterocycles. The van der Waals surface area contributed by atoms with E-state index in [9.17, 15) is 9.90 Å². The van der Waals surface area contributed by atoms with E-state index in [1.165, 1.54) is 0 Å². The van der Waals surface area contributed by atoms with E-state index >= 15 is 0 Å². The maximum absolute atomic E-state index is 12.1. The number of rotatable bonds is 9. The Morgan fingerprint density at radius 2 is 1.88 bits per heavy atom. The molecular formula is C25H24Cl2O5S. The van der Waals surface area contributed by atoms with Gasteiger partial charge in [-0.05, 0) is 43.0 Å². The average molecular weight is 507 g/mol. The molecule has 0 spiro atoms. The van der Waals surface area contributed by atoms with Crippen molar-refractivity contribution in [1.29, 1.82) is 0 Å². The first-order chi connectivity index (χ1) is 16.0. The van der Waals surface area contributed by atoms with Crippen molar-refractivity contribution in [3.05, 3.63) is 63.5 Å². The van der Waals surface area contributed by atoms with Crippen LogP contribution in [0.2, 0.25) is 10.0 Å². The number of thiophene rings is 1. The Hall–Kier alpha value is -2.09. The summed E-state index contributed by atoms with van der Waals surface area (Å²) in [5, 5.41) is 11.1. The molecule has 174 valence electrons. The average Bonchev–Trinajstić information content (AvgIpc) is 3.20. The van der Waals surface area contributed by atoms with E-state index in [0.29, 0.717) is 41.0 Å². The Balaban J connectivity index is 1.62. The standard InChI is InChI=1S/C25H24Cl2O5S/c26-17-11-9-16(10-12-17)21-22(32-15-5-14-31-20-8-3-4-13-30-20)24(25(28)29)33-23(21)18-6-1-2-7-19(18)27/h1-2,6-7,9-12,20H,3-5,8,13-15H2,(H,28,29). The summed E-state index contributed by atoms with van der Waals surface area (Å²) < 4.78 is 17.4. The largest absolute Gasteiger partial charge is 0.491 e. The first kappa shape index (κ1) is 24.0. The minimum atomic E-state index is -1.05. The summed E-state index contributed by atoms with van der Waals surface area (Å²) in [7, 11) is 0. The number of aromatic carboxylic acids is 1. The fraction of sp³-hybridized carbons (Fsp3) is 0.320. The number of ether oxygens (including phenoxy) is 3. The van der Waals surface area contributed by atoms with Crippen LogP contribution in [0.15, 0.2) is 48.5 Å². The monoisotopic (exact) mass is 506 g/mol. The van der Waals surface area contributed by atoms with Crippen molar-refractivity contribution >= 4 is 40.5 Å². The van der Waals surface area contributed by atoms with Crippen LogP contribution in [-0.2, 0) is 9.47 Å². The summed E-state index contributed by atoms with van der Waals surface area (Å²) in [5.74, 6) is -0.714. The molecule has 4 rings (SSSR count). The van der Waals surface area contributed by atoms with E-state index < -0.39 is 5.97 Å². The van der Waals surface area contributed by atoms with Gasteiger partial charge in [-0.25, -0.2) is 4.79 Å². The highest BCUT2D eigenvalue weighted by Crippen LogP contribution is 2.49. The quantitative estimate of drug-likeness (QED) is 0.306. The summed E-state index contributed by atoms with van der Waals surface area (Å²) in [6, 6.07) is 14.6. The van der Waals surface area contributed by atoms with Gasteiger partial charge in [0.2, 0.25) is 0 Å². The van der Waals surface area contributed by atoms with Gasteiger partial charge in [-0.15, -0.1) is 11.3 Å². The number of carboxylic acid groups (broad SMARTS) is 1.